The van der Waals surface area contributed by atoms with Crippen LogP contribution in [0.4, 0.5) is 23.8 Å². The third kappa shape index (κ3) is 10.1. The summed E-state index contributed by atoms with van der Waals surface area (Å²) in [7, 11) is 0. The van der Waals surface area contributed by atoms with Crippen LogP contribution in [0.2, 0.25) is 5.28 Å². The molecule has 0 aromatic carbocycles. The molecule has 0 aliphatic rings. The summed E-state index contributed by atoms with van der Waals surface area (Å²) in [4.78, 5) is 27.2. The number of nitrogens with one attached hydrogen (secondary N) is 3. The van der Waals surface area contributed by atoms with E-state index in [0.717, 1.165) is 31.3 Å². The van der Waals surface area contributed by atoms with Gasteiger partial charge in [0.15, 0.2) is 5.16 Å². The molecule has 0 saturated heterocycles. The highest BCUT2D eigenvalue weighted by atomic mass is 35.5. The Kier molecular flexibility index (Phi) is 11.5. The monoisotopic (exact) mass is 470 g/mol. The van der Waals surface area contributed by atoms with Gasteiger partial charge in [0.1, 0.15) is 0 Å². The van der Waals surface area contributed by atoms with Crippen LogP contribution in [-0.2, 0) is 0 Å². The lowest BCUT2D eigenvalue weighted by Crippen LogP contribution is -2.27. The molecule has 2 aromatic heterocycles. The first-order valence-electron chi connectivity index (χ1n) is 10.4. The third-order valence-corrected chi connectivity index (χ3v) is 4.31. The van der Waals surface area contributed by atoms with E-state index in [1.165, 1.54) is 11.8 Å². The highest BCUT2D eigenvalue weighted by Crippen LogP contribution is 2.16. The van der Waals surface area contributed by atoms with Gasteiger partial charge < -0.3 is 20.9 Å². The first-order chi connectivity index (χ1) is 14.6. The van der Waals surface area contributed by atoms with Gasteiger partial charge in [-0.1, -0.05) is 11.8 Å². The normalized spacial score (nSPS) is 10.7. The fourth-order valence-electron chi connectivity index (χ4n) is 2.30. The maximum absolute atomic E-state index is 5.81. The molecule has 2 heterocycles. The predicted molar refractivity (Wildman–Crippen MR) is 132 cm³/mol. The summed E-state index contributed by atoms with van der Waals surface area (Å²) in [6, 6.07) is 0. The number of hydrogen-bond donors (Lipinski definition) is 3. The van der Waals surface area contributed by atoms with Gasteiger partial charge >= 0.3 is 0 Å². The molecule has 0 spiro atoms. The van der Waals surface area contributed by atoms with Crippen LogP contribution in [0.3, 0.4) is 0 Å². The summed E-state index contributed by atoms with van der Waals surface area (Å²) in [5.41, 5.74) is -0.0550. The molecule has 0 radical (unpaired) electrons. The van der Waals surface area contributed by atoms with E-state index in [9.17, 15) is 0 Å². The lowest BCUT2D eigenvalue weighted by atomic mass is 10.1. The van der Waals surface area contributed by atoms with E-state index in [-0.39, 0.29) is 10.8 Å². The summed E-state index contributed by atoms with van der Waals surface area (Å²) in [5, 5.41) is 10.3. The Morgan fingerprint density at radius 3 is 1.84 bits per heavy atom. The summed E-state index contributed by atoms with van der Waals surface area (Å²) in [5.74, 6) is 2.38. The standard InChI is InChI=1S/C10H19N5S.C9H16ClN5/c1-6-11-7-12-8(15-10(2,3)4)14-9(13-7)16-5;1-4-11-8-12-7(10)13-9(14-8)15(5-2)6-3/h6H2,1-5H3,(H2,11,12,13,14,15);4-6H2,1-3H3,(H,11,12,13,14). The molecule has 10 nitrogen and oxygen atoms in total. The van der Waals surface area contributed by atoms with Crippen LogP contribution in [0.5, 0.6) is 0 Å². The van der Waals surface area contributed by atoms with E-state index in [4.69, 9.17) is 11.6 Å². The van der Waals surface area contributed by atoms with Gasteiger partial charge in [0.2, 0.25) is 29.1 Å². The Morgan fingerprint density at radius 1 is 0.806 bits per heavy atom. The zero-order valence-corrected chi connectivity index (χ0v) is 21.3. The maximum atomic E-state index is 5.81. The zero-order chi connectivity index (χ0) is 23.4. The van der Waals surface area contributed by atoms with E-state index in [1.807, 2.05) is 38.9 Å². The van der Waals surface area contributed by atoms with E-state index in [0.29, 0.717) is 23.8 Å². The number of thioether (sulfide) groups is 1. The number of halogens is 1. The third-order valence-electron chi connectivity index (χ3n) is 3.60. The quantitative estimate of drug-likeness (QED) is 0.461. The van der Waals surface area contributed by atoms with Crippen molar-refractivity contribution in [2.24, 2.45) is 0 Å². The highest BCUT2D eigenvalue weighted by Gasteiger charge is 2.13. The number of rotatable bonds is 9. The Bertz CT molecular complexity index is 796. The summed E-state index contributed by atoms with van der Waals surface area (Å²) < 4.78 is 0. The largest absolute Gasteiger partial charge is 0.354 e. The highest BCUT2D eigenvalue weighted by molar-refractivity contribution is 7.98. The number of nitrogens with zero attached hydrogens (tertiary/aromatic N) is 7. The zero-order valence-electron chi connectivity index (χ0n) is 19.7. The fourth-order valence-corrected chi connectivity index (χ4v) is 2.81. The van der Waals surface area contributed by atoms with E-state index >= 15 is 0 Å². The molecular formula is C19H35ClN10S. The fraction of sp³-hybridized carbons (Fsp3) is 0.684. The number of anilines is 4. The van der Waals surface area contributed by atoms with Crippen molar-refractivity contribution in [3.63, 3.8) is 0 Å². The summed E-state index contributed by atoms with van der Waals surface area (Å²) >= 11 is 7.32. The van der Waals surface area contributed by atoms with Crippen LogP contribution in [-0.4, -0.2) is 67.9 Å². The van der Waals surface area contributed by atoms with Gasteiger partial charge in [-0.2, -0.15) is 29.9 Å². The van der Waals surface area contributed by atoms with Gasteiger partial charge in [-0.15, -0.1) is 0 Å². The first kappa shape index (κ1) is 26.9. The van der Waals surface area contributed by atoms with Crippen LogP contribution in [0.15, 0.2) is 5.16 Å². The van der Waals surface area contributed by atoms with E-state index < -0.39 is 0 Å². The van der Waals surface area contributed by atoms with Crippen LogP contribution < -0.4 is 20.9 Å². The van der Waals surface area contributed by atoms with Crippen molar-refractivity contribution in [1.82, 2.24) is 29.9 Å². The molecule has 2 rings (SSSR count). The van der Waals surface area contributed by atoms with Crippen LogP contribution in [0, 0.1) is 0 Å². The Hall–Kier alpha value is -2.14. The molecule has 0 amide bonds. The minimum absolute atomic E-state index is 0.0550. The van der Waals surface area contributed by atoms with Crippen molar-refractivity contribution in [3.8, 4) is 0 Å². The SMILES string of the molecule is CCNc1nc(Cl)nc(N(CC)CC)n1.CCNc1nc(NC(C)(C)C)nc(SC)n1. The lowest BCUT2D eigenvalue weighted by molar-refractivity contribution is 0.622. The molecule has 0 atom stereocenters. The summed E-state index contributed by atoms with van der Waals surface area (Å²) in [6.45, 7) is 17.6. The van der Waals surface area contributed by atoms with E-state index in [1.54, 1.807) is 0 Å². The molecule has 31 heavy (non-hydrogen) atoms. The Balaban J connectivity index is 0.000000311. The predicted octanol–water partition coefficient (Wildman–Crippen LogP) is 4.04. The first-order valence-corrected chi connectivity index (χ1v) is 12.0. The van der Waals surface area contributed by atoms with Crippen molar-refractivity contribution in [3.05, 3.63) is 5.28 Å². The average molecular weight is 471 g/mol. The summed E-state index contributed by atoms with van der Waals surface area (Å²) in [6.07, 6.45) is 1.95. The van der Waals surface area contributed by atoms with E-state index in [2.05, 4.69) is 66.6 Å². The number of hydrogen-bond acceptors (Lipinski definition) is 11. The minimum atomic E-state index is -0.0550. The molecule has 0 aliphatic heterocycles. The lowest BCUT2D eigenvalue weighted by Gasteiger charge is -2.20. The van der Waals surface area contributed by atoms with Crippen molar-refractivity contribution in [2.75, 3.05) is 53.3 Å². The number of aromatic nitrogens is 6. The van der Waals surface area contributed by atoms with Crippen molar-refractivity contribution in [1.29, 1.82) is 0 Å². The molecule has 3 N–H and O–H groups in total. The second-order valence-electron chi connectivity index (χ2n) is 7.31. The Morgan fingerprint density at radius 2 is 1.35 bits per heavy atom. The average Bonchev–Trinajstić information content (AvgIpc) is 2.68. The molecule has 0 bridgehead atoms. The van der Waals surface area contributed by atoms with Crippen molar-refractivity contribution in [2.45, 2.75) is 59.2 Å². The molecule has 174 valence electrons. The van der Waals surface area contributed by atoms with Gasteiger partial charge in [-0.3, -0.25) is 0 Å². The van der Waals surface area contributed by atoms with Crippen molar-refractivity contribution < 1.29 is 0 Å². The molecule has 2 aromatic rings. The van der Waals surface area contributed by atoms with Crippen LogP contribution >= 0.6 is 23.4 Å². The van der Waals surface area contributed by atoms with Gasteiger partial charge in [-0.25, -0.2) is 0 Å². The topological polar surface area (TPSA) is 117 Å². The molecule has 0 unspecified atom stereocenters. The molecule has 0 fully saturated rings. The molecule has 12 heteroatoms. The molecule has 0 aliphatic carbocycles. The van der Waals surface area contributed by atoms with Gasteiger partial charge in [0, 0.05) is 31.7 Å². The van der Waals surface area contributed by atoms with Crippen LogP contribution in [0.1, 0.15) is 48.5 Å². The minimum Gasteiger partial charge on any atom is -0.354 e. The smallest absolute Gasteiger partial charge is 0.231 e. The maximum Gasteiger partial charge on any atom is 0.231 e. The second kappa shape index (κ2) is 13.3. The van der Waals surface area contributed by atoms with Crippen molar-refractivity contribution >= 4 is 47.2 Å². The second-order valence-corrected chi connectivity index (χ2v) is 8.42. The van der Waals surface area contributed by atoms with Crippen LogP contribution in [0.25, 0.3) is 0 Å². The van der Waals surface area contributed by atoms with Gasteiger partial charge in [0.25, 0.3) is 0 Å². The van der Waals surface area contributed by atoms with Gasteiger partial charge in [-0.05, 0) is 66.3 Å². The molecule has 0 saturated carbocycles. The molecular weight excluding hydrogens is 436 g/mol. The Labute approximate surface area is 194 Å². The van der Waals surface area contributed by atoms with Gasteiger partial charge in [0.05, 0.1) is 0 Å².